The summed E-state index contributed by atoms with van der Waals surface area (Å²) in [7, 11) is 0. The van der Waals surface area contributed by atoms with Crippen LogP contribution >= 0.6 is 0 Å². The highest BCUT2D eigenvalue weighted by atomic mass is 16.5. The second-order valence-corrected chi connectivity index (χ2v) is 6.70. The maximum absolute atomic E-state index is 12.7. The Morgan fingerprint density at radius 2 is 1.45 bits per heavy atom. The third-order valence-electron chi connectivity index (χ3n) is 4.74. The van der Waals surface area contributed by atoms with Crippen LogP contribution in [-0.4, -0.2) is 5.91 Å². The van der Waals surface area contributed by atoms with Crippen LogP contribution < -0.4 is 10.1 Å². The zero-order chi connectivity index (χ0) is 19.6. The molecule has 0 unspecified atom stereocenters. The molecule has 4 heteroatoms. The fourth-order valence-corrected chi connectivity index (χ4v) is 3.33. The highest BCUT2D eigenvalue weighted by Gasteiger charge is 2.14. The Morgan fingerprint density at radius 3 is 2.28 bits per heavy atom. The monoisotopic (exact) mass is 379 g/mol. The molecule has 0 aliphatic heterocycles. The van der Waals surface area contributed by atoms with Gasteiger partial charge >= 0.3 is 0 Å². The molecule has 1 amide bonds. The molecule has 1 heterocycles. The maximum Gasteiger partial charge on any atom is 0.291 e. The molecule has 0 radical (unpaired) electrons. The van der Waals surface area contributed by atoms with Crippen LogP contribution in [0.5, 0.6) is 11.5 Å². The number of para-hydroxylation sites is 1. The topological polar surface area (TPSA) is 51.5 Å². The van der Waals surface area contributed by atoms with Crippen molar-refractivity contribution in [3.05, 3.63) is 103 Å². The number of furan rings is 1. The van der Waals surface area contributed by atoms with E-state index in [1.54, 1.807) is 18.2 Å². The number of benzene rings is 4. The first-order chi connectivity index (χ1) is 14.3. The van der Waals surface area contributed by atoms with Crippen LogP contribution in [-0.2, 0) is 0 Å². The van der Waals surface area contributed by atoms with Gasteiger partial charge < -0.3 is 14.5 Å². The van der Waals surface area contributed by atoms with Crippen molar-refractivity contribution in [2.45, 2.75) is 0 Å². The van der Waals surface area contributed by atoms with E-state index >= 15 is 0 Å². The Hall–Kier alpha value is -4.05. The van der Waals surface area contributed by atoms with Gasteiger partial charge in [0.05, 0.1) is 0 Å². The molecule has 29 heavy (non-hydrogen) atoms. The van der Waals surface area contributed by atoms with Gasteiger partial charge in [-0.3, -0.25) is 4.79 Å². The minimum atomic E-state index is -0.290. The Labute approximate surface area is 167 Å². The van der Waals surface area contributed by atoms with Crippen molar-refractivity contribution in [3.63, 3.8) is 0 Å². The number of hydrogen-bond donors (Lipinski definition) is 1. The average molecular weight is 379 g/mol. The number of nitrogens with one attached hydrogen (secondary N) is 1. The molecule has 1 N–H and O–H groups in total. The molecule has 5 aromatic rings. The Bertz CT molecular complexity index is 1300. The van der Waals surface area contributed by atoms with E-state index < -0.39 is 0 Å². The van der Waals surface area contributed by atoms with Gasteiger partial charge in [0.25, 0.3) is 5.91 Å². The van der Waals surface area contributed by atoms with Crippen LogP contribution in [0, 0.1) is 0 Å². The van der Waals surface area contributed by atoms with Crippen LogP contribution in [0.25, 0.3) is 21.7 Å². The zero-order valence-electron chi connectivity index (χ0n) is 15.5. The van der Waals surface area contributed by atoms with Crippen molar-refractivity contribution < 1.29 is 13.9 Å². The summed E-state index contributed by atoms with van der Waals surface area (Å²) in [6.07, 6.45) is 0. The molecule has 0 saturated carbocycles. The molecule has 0 saturated heterocycles. The van der Waals surface area contributed by atoms with Crippen molar-refractivity contribution in [3.8, 4) is 11.5 Å². The molecule has 140 valence electrons. The maximum atomic E-state index is 12.7. The van der Waals surface area contributed by atoms with E-state index in [2.05, 4.69) is 5.32 Å². The summed E-state index contributed by atoms with van der Waals surface area (Å²) in [5.41, 5.74) is 1.36. The summed E-state index contributed by atoms with van der Waals surface area (Å²) in [4.78, 5) is 12.7. The van der Waals surface area contributed by atoms with Crippen molar-refractivity contribution in [2.75, 3.05) is 5.32 Å². The number of rotatable bonds is 4. The van der Waals surface area contributed by atoms with Gasteiger partial charge in [0, 0.05) is 11.1 Å². The van der Waals surface area contributed by atoms with Crippen molar-refractivity contribution >= 4 is 33.3 Å². The van der Waals surface area contributed by atoms with Gasteiger partial charge in [0.15, 0.2) is 5.76 Å². The smallest absolute Gasteiger partial charge is 0.291 e. The predicted octanol–water partition coefficient (Wildman–Crippen LogP) is 6.63. The van der Waals surface area contributed by atoms with E-state index in [1.807, 2.05) is 78.9 Å². The van der Waals surface area contributed by atoms with Crippen LogP contribution in [0.2, 0.25) is 0 Å². The molecule has 5 rings (SSSR count). The molecule has 0 fully saturated rings. The second kappa shape index (κ2) is 7.17. The van der Waals surface area contributed by atoms with Crippen LogP contribution in [0.1, 0.15) is 10.6 Å². The lowest BCUT2D eigenvalue weighted by molar-refractivity contribution is 0.0998. The molecule has 0 bridgehead atoms. The van der Waals surface area contributed by atoms with Crippen LogP contribution in [0.4, 0.5) is 5.69 Å². The number of anilines is 1. The number of amides is 1. The molecule has 0 atom stereocenters. The number of hydrogen-bond acceptors (Lipinski definition) is 3. The van der Waals surface area contributed by atoms with E-state index in [1.165, 1.54) is 0 Å². The molecule has 4 nitrogen and oxygen atoms in total. The summed E-state index contributed by atoms with van der Waals surface area (Å²) in [6.45, 7) is 0. The van der Waals surface area contributed by atoms with Crippen LogP contribution in [0.3, 0.4) is 0 Å². The second-order valence-electron chi connectivity index (χ2n) is 6.70. The van der Waals surface area contributed by atoms with Gasteiger partial charge in [0.1, 0.15) is 17.1 Å². The molecule has 0 spiro atoms. The molecule has 0 aliphatic carbocycles. The standard InChI is InChI=1S/C25H17NO3/c27-25(24-16-22-21-9-5-4-6-17(21)10-15-23(22)29-24)26-18-11-13-20(14-12-18)28-19-7-2-1-3-8-19/h1-16H,(H,26,27). The van der Waals surface area contributed by atoms with Gasteiger partial charge in [-0.05, 0) is 59.3 Å². The third-order valence-corrected chi connectivity index (χ3v) is 4.74. The SMILES string of the molecule is O=C(Nc1ccc(Oc2ccccc2)cc1)c1cc2c(ccc3ccccc32)o1. The first-order valence-corrected chi connectivity index (χ1v) is 9.32. The minimum absolute atomic E-state index is 0.279. The quantitative estimate of drug-likeness (QED) is 0.381. The highest BCUT2D eigenvalue weighted by molar-refractivity contribution is 6.10. The van der Waals surface area contributed by atoms with Crippen molar-refractivity contribution in [1.82, 2.24) is 0 Å². The number of ether oxygens (including phenoxy) is 1. The van der Waals surface area contributed by atoms with E-state index in [4.69, 9.17) is 9.15 Å². The first-order valence-electron chi connectivity index (χ1n) is 9.32. The van der Waals surface area contributed by atoms with Gasteiger partial charge in [-0.25, -0.2) is 0 Å². The average Bonchev–Trinajstić information content (AvgIpc) is 3.21. The summed E-state index contributed by atoms with van der Waals surface area (Å²) in [6, 6.07) is 30.5. The molecular formula is C25H17NO3. The van der Waals surface area contributed by atoms with Gasteiger partial charge in [-0.15, -0.1) is 0 Å². The van der Waals surface area contributed by atoms with Crippen molar-refractivity contribution in [1.29, 1.82) is 0 Å². The largest absolute Gasteiger partial charge is 0.457 e. The van der Waals surface area contributed by atoms with E-state index in [0.717, 1.165) is 21.9 Å². The zero-order valence-corrected chi connectivity index (χ0v) is 15.5. The van der Waals surface area contributed by atoms with E-state index in [0.29, 0.717) is 17.0 Å². The summed E-state index contributed by atoms with van der Waals surface area (Å²) >= 11 is 0. The number of carbonyl (C=O) groups excluding carboxylic acids is 1. The first kappa shape index (κ1) is 17.1. The minimum Gasteiger partial charge on any atom is -0.457 e. The lowest BCUT2D eigenvalue weighted by atomic mass is 10.1. The van der Waals surface area contributed by atoms with E-state index in [9.17, 15) is 4.79 Å². The highest BCUT2D eigenvalue weighted by Crippen LogP contribution is 2.29. The lowest BCUT2D eigenvalue weighted by Crippen LogP contribution is -2.10. The van der Waals surface area contributed by atoms with Crippen molar-refractivity contribution in [2.24, 2.45) is 0 Å². The summed E-state index contributed by atoms with van der Waals surface area (Å²) < 4.78 is 11.5. The summed E-state index contributed by atoms with van der Waals surface area (Å²) in [5.74, 6) is 1.45. The Kier molecular flexibility index (Phi) is 4.22. The lowest BCUT2D eigenvalue weighted by Gasteiger charge is -2.07. The Morgan fingerprint density at radius 1 is 0.724 bits per heavy atom. The number of carbonyl (C=O) groups is 1. The normalized spacial score (nSPS) is 10.9. The molecule has 1 aromatic heterocycles. The molecule has 0 aliphatic rings. The van der Waals surface area contributed by atoms with Crippen LogP contribution in [0.15, 0.2) is 101 Å². The molecule has 4 aromatic carbocycles. The predicted molar refractivity (Wildman–Crippen MR) is 115 cm³/mol. The van der Waals surface area contributed by atoms with Gasteiger partial charge in [0.2, 0.25) is 0 Å². The summed E-state index contributed by atoms with van der Waals surface area (Å²) in [5, 5.41) is 5.98. The fourth-order valence-electron chi connectivity index (χ4n) is 3.33. The van der Waals surface area contributed by atoms with Gasteiger partial charge in [-0.2, -0.15) is 0 Å². The Balaban J connectivity index is 1.35. The van der Waals surface area contributed by atoms with Gasteiger partial charge in [-0.1, -0.05) is 48.5 Å². The molecular weight excluding hydrogens is 362 g/mol. The fraction of sp³-hybridized carbons (Fsp3) is 0. The number of fused-ring (bicyclic) bond motifs is 3. The third kappa shape index (κ3) is 3.44. The van der Waals surface area contributed by atoms with E-state index in [-0.39, 0.29) is 11.7 Å².